The number of ether oxygens (including phenoxy) is 1. The van der Waals surface area contributed by atoms with Crippen molar-refractivity contribution >= 4 is 0 Å². The third kappa shape index (κ3) is 5.33. The molecule has 0 spiro atoms. The summed E-state index contributed by atoms with van der Waals surface area (Å²) in [5, 5.41) is 7.89. The molecule has 1 heterocycles. The second kappa shape index (κ2) is 7.45. The molecule has 1 aromatic heterocycles. The van der Waals surface area contributed by atoms with E-state index in [9.17, 15) is 0 Å². The summed E-state index contributed by atoms with van der Waals surface area (Å²) in [6.07, 6.45) is 1.11. The molecule has 0 aliphatic heterocycles. The molecule has 0 amide bonds. The van der Waals surface area contributed by atoms with Crippen LogP contribution in [0.15, 0.2) is 6.07 Å². The largest absolute Gasteiger partial charge is 0.384 e. The van der Waals surface area contributed by atoms with Gasteiger partial charge in [-0.1, -0.05) is 6.92 Å². The first-order chi connectivity index (χ1) is 8.13. The van der Waals surface area contributed by atoms with Crippen LogP contribution in [-0.2, 0) is 11.3 Å². The van der Waals surface area contributed by atoms with E-state index in [1.54, 1.807) is 7.11 Å². The van der Waals surface area contributed by atoms with Gasteiger partial charge in [-0.2, -0.15) is 5.10 Å². The Hall–Kier alpha value is -0.870. The summed E-state index contributed by atoms with van der Waals surface area (Å²) >= 11 is 0. The molecule has 4 heteroatoms. The van der Waals surface area contributed by atoms with Gasteiger partial charge < -0.3 is 10.1 Å². The lowest BCUT2D eigenvalue weighted by Gasteiger charge is -2.11. The molecule has 0 aliphatic carbocycles. The Labute approximate surface area is 104 Å². The number of hydrogen-bond acceptors (Lipinski definition) is 3. The Morgan fingerprint density at radius 2 is 2.24 bits per heavy atom. The molecule has 1 rings (SSSR count). The molecule has 0 aliphatic rings. The van der Waals surface area contributed by atoms with E-state index >= 15 is 0 Å². The highest BCUT2D eigenvalue weighted by Crippen LogP contribution is 2.02. The predicted molar refractivity (Wildman–Crippen MR) is 70.2 cm³/mol. The molecule has 4 nitrogen and oxygen atoms in total. The van der Waals surface area contributed by atoms with Crippen molar-refractivity contribution in [2.75, 3.05) is 26.8 Å². The highest BCUT2D eigenvalue weighted by Gasteiger charge is 2.01. The topological polar surface area (TPSA) is 39.1 Å². The molecule has 0 bridgehead atoms. The average Bonchev–Trinajstić information content (AvgIpc) is 2.57. The van der Waals surface area contributed by atoms with Gasteiger partial charge in [0.1, 0.15) is 0 Å². The van der Waals surface area contributed by atoms with Crippen molar-refractivity contribution in [3.05, 3.63) is 17.5 Å². The Balaban J connectivity index is 2.10. The summed E-state index contributed by atoms with van der Waals surface area (Å²) in [5.41, 5.74) is 2.35. The zero-order valence-electron chi connectivity index (χ0n) is 11.5. The number of hydrogen-bond donors (Lipinski definition) is 1. The molecule has 17 heavy (non-hydrogen) atoms. The third-order valence-electron chi connectivity index (χ3n) is 2.77. The van der Waals surface area contributed by atoms with Crippen LogP contribution in [0, 0.1) is 19.8 Å². The fourth-order valence-electron chi connectivity index (χ4n) is 1.95. The van der Waals surface area contributed by atoms with Crippen LogP contribution in [-0.4, -0.2) is 36.6 Å². The minimum atomic E-state index is 0.577. The lowest BCUT2D eigenvalue weighted by Crippen LogP contribution is -2.25. The van der Waals surface area contributed by atoms with E-state index in [0.29, 0.717) is 5.92 Å². The van der Waals surface area contributed by atoms with Gasteiger partial charge in [-0.05, 0) is 45.3 Å². The fourth-order valence-corrected chi connectivity index (χ4v) is 1.95. The van der Waals surface area contributed by atoms with Crippen LogP contribution in [0.25, 0.3) is 0 Å². The van der Waals surface area contributed by atoms with Crippen molar-refractivity contribution in [2.24, 2.45) is 5.92 Å². The quantitative estimate of drug-likeness (QED) is 0.703. The van der Waals surface area contributed by atoms with Gasteiger partial charge in [0.15, 0.2) is 0 Å². The number of aromatic nitrogens is 2. The standard InChI is InChI=1S/C13H25N3O/c1-11(10-17-4)9-14-6-5-7-16-13(3)8-12(2)15-16/h8,11,14H,5-7,9-10H2,1-4H3. The summed E-state index contributed by atoms with van der Waals surface area (Å²) in [4.78, 5) is 0. The first kappa shape index (κ1) is 14.2. The fraction of sp³-hybridized carbons (Fsp3) is 0.769. The molecule has 0 radical (unpaired) electrons. The molecule has 1 atom stereocenters. The van der Waals surface area contributed by atoms with E-state index in [-0.39, 0.29) is 0 Å². The minimum Gasteiger partial charge on any atom is -0.384 e. The van der Waals surface area contributed by atoms with E-state index in [1.807, 2.05) is 6.92 Å². The van der Waals surface area contributed by atoms with E-state index in [1.165, 1.54) is 5.69 Å². The number of methoxy groups -OCH3 is 1. The minimum absolute atomic E-state index is 0.577. The summed E-state index contributed by atoms with van der Waals surface area (Å²) in [7, 11) is 1.75. The number of rotatable bonds is 8. The number of nitrogens with zero attached hydrogens (tertiary/aromatic N) is 2. The summed E-state index contributed by atoms with van der Waals surface area (Å²) in [6, 6.07) is 2.12. The van der Waals surface area contributed by atoms with Crippen LogP contribution in [0.4, 0.5) is 0 Å². The van der Waals surface area contributed by atoms with Gasteiger partial charge in [0.05, 0.1) is 5.69 Å². The van der Waals surface area contributed by atoms with E-state index < -0.39 is 0 Å². The van der Waals surface area contributed by atoms with Gasteiger partial charge in [0, 0.05) is 26.0 Å². The Kier molecular flexibility index (Phi) is 6.22. The second-order valence-electron chi connectivity index (χ2n) is 4.77. The Morgan fingerprint density at radius 3 is 2.82 bits per heavy atom. The molecule has 1 N–H and O–H groups in total. The lowest BCUT2D eigenvalue weighted by atomic mass is 10.2. The van der Waals surface area contributed by atoms with Crippen LogP contribution >= 0.6 is 0 Å². The van der Waals surface area contributed by atoms with E-state index in [2.05, 4.69) is 35.0 Å². The summed E-state index contributed by atoms with van der Waals surface area (Å²) in [6.45, 7) is 10.2. The van der Waals surface area contributed by atoms with Gasteiger partial charge in [0.25, 0.3) is 0 Å². The Bertz CT molecular complexity index is 322. The van der Waals surface area contributed by atoms with Gasteiger partial charge in [-0.15, -0.1) is 0 Å². The van der Waals surface area contributed by atoms with Crippen LogP contribution in [0.5, 0.6) is 0 Å². The molecular weight excluding hydrogens is 214 g/mol. The normalized spacial score (nSPS) is 12.9. The zero-order valence-corrected chi connectivity index (χ0v) is 11.5. The Morgan fingerprint density at radius 1 is 1.47 bits per heavy atom. The average molecular weight is 239 g/mol. The maximum absolute atomic E-state index is 5.09. The first-order valence-corrected chi connectivity index (χ1v) is 6.34. The summed E-state index contributed by atoms with van der Waals surface area (Å²) in [5.74, 6) is 0.577. The first-order valence-electron chi connectivity index (χ1n) is 6.34. The maximum Gasteiger partial charge on any atom is 0.0596 e. The smallest absolute Gasteiger partial charge is 0.0596 e. The van der Waals surface area contributed by atoms with Crippen molar-refractivity contribution in [3.8, 4) is 0 Å². The van der Waals surface area contributed by atoms with Crippen LogP contribution in [0.1, 0.15) is 24.7 Å². The molecule has 0 aromatic carbocycles. The molecular formula is C13H25N3O. The molecule has 0 fully saturated rings. The number of aryl methyl sites for hydroxylation is 3. The van der Waals surface area contributed by atoms with Crippen molar-refractivity contribution in [2.45, 2.75) is 33.7 Å². The molecule has 0 saturated carbocycles. The highest BCUT2D eigenvalue weighted by atomic mass is 16.5. The SMILES string of the molecule is COCC(C)CNCCCn1nc(C)cc1C. The molecule has 0 saturated heterocycles. The van der Waals surface area contributed by atoms with Crippen molar-refractivity contribution in [1.29, 1.82) is 0 Å². The maximum atomic E-state index is 5.09. The van der Waals surface area contributed by atoms with Gasteiger partial charge in [0.2, 0.25) is 0 Å². The predicted octanol–water partition coefficient (Wildman–Crippen LogP) is 1.76. The van der Waals surface area contributed by atoms with E-state index in [4.69, 9.17) is 4.74 Å². The van der Waals surface area contributed by atoms with Crippen molar-refractivity contribution in [3.63, 3.8) is 0 Å². The van der Waals surface area contributed by atoms with Crippen molar-refractivity contribution in [1.82, 2.24) is 15.1 Å². The lowest BCUT2D eigenvalue weighted by molar-refractivity contribution is 0.158. The monoisotopic (exact) mass is 239 g/mol. The van der Waals surface area contributed by atoms with Crippen LogP contribution in [0.2, 0.25) is 0 Å². The number of nitrogens with one attached hydrogen (secondary N) is 1. The van der Waals surface area contributed by atoms with Gasteiger partial charge in [-0.3, -0.25) is 4.68 Å². The van der Waals surface area contributed by atoms with Crippen molar-refractivity contribution < 1.29 is 4.74 Å². The molecule has 1 aromatic rings. The van der Waals surface area contributed by atoms with Crippen LogP contribution < -0.4 is 5.32 Å². The third-order valence-corrected chi connectivity index (χ3v) is 2.77. The van der Waals surface area contributed by atoms with E-state index in [0.717, 1.165) is 38.4 Å². The highest BCUT2D eigenvalue weighted by molar-refractivity contribution is 5.06. The van der Waals surface area contributed by atoms with Gasteiger partial charge >= 0.3 is 0 Å². The second-order valence-corrected chi connectivity index (χ2v) is 4.77. The van der Waals surface area contributed by atoms with Crippen LogP contribution in [0.3, 0.4) is 0 Å². The van der Waals surface area contributed by atoms with Gasteiger partial charge in [-0.25, -0.2) is 0 Å². The zero-order chi connectivity index (χ0) is 12.7. The molecule has 1 unspecified atom stereocenters. The summed E-state index contributed by atoms with van der Waals surface area (Å²) < 4.78 is 7.17. The molecule has 98 valence electrons.